The fraction of sp³-hybridized carbons (Fsp3) is 0.316. The van der Waals surface area contributed by atoms with Crippen molar-refractivity contribution in [3.8, 4) is 11.5 Å². The van der Waals surface area contributed by atoms with E-state index in [-0.39, 0.29) is 12.4 Å². The minimum absolute atomic E-state index is 0. The van der Waals surface area contributed by atoms with E-state index in [1.54, 1.807) is 0 Å². The third-order valence-electron chi connectivity index (χ3n) is 4.61. The molecule has 0 radical (unpaired) electrons. The molecule has 132 valence electrons. The van der Waals surface area contributed by atoms with Crippen molar-refractivity contribution < 1.29 is 4.74 Å². The number of piperazine rings is 1. The molecule has 6 heteroatoms. The van der Waals surface area contributed by atoms with Gasteiger partial charge in [0.05, 0.1) is 5.56 Å². The van der Waals surface area contributed by atoms with Crippen LogP contribution in [-0.4, -0.2) is 48.4 Å². The Morgan fingerprint density at radius 3 is 2.56 bits per heavy atom. The van der Waals surface area contributed by atoms with Gasteiger partial charge < -0.3 is 14.5 Å². The molecule has 1 fully saturated rings. The highest BCUT2D eigenvalue weighted by atomic mass is 35.5. The number of likely N-dealkylation sites (N-methyl/N-ethyl adjacent to an activating group) is 1. The molecule has 25 heavy (non-hydrogen) atoms. The van der Waals surface area contributed by atoms with Crippen LogP contribution in [0.5, 0.6) is 11.5 Å². The number of hydrogen-bond donors (Lipinski definition) is 0. The summed E-state index contributed by atoms with van der Waals surface area (Å²) in [4.78, 5) is 9.74. The number of benzene rings is 2. The molecular weight excluding hydrogens is 357 g/mol. The predicted molar refractivity (Wildman–Crippen MR) is 105 cm³/mol. The van der Waals surface area contributed by atoms with Crippen molar-refractivity contribution in [3.63, 3.8) is 0 Å². The van der Waals surface area contributed by atoms with Gasteiger partial charge in [0.2, 0.25) is 0 Å². The lowest BCUT2D eigenvalue weighted by Crippen LogP contribution is -2.48. The average molecular weight is 378 g/mol. The van der Waals surface area contributed by atoms with E-state index >= 15 is 0 Å². The van der Waals surface area contributed by atoms with E-state index in [4.69, 9.17) is 21.3 Å². The smallest absolute Gasteiger partial charge is 0.153 e. The standard InChI is InChI=1S/C19H20ClN3O.ClH/c1-2-22-9-11-23(12-10-22)19-15-5-3-4-6-17(15)24-18-8-7-14(20)13-16(18)21-19;/h3-8,13H,2,9-12H2,1H3;1H. The molecule has 4 rings (SSSR count). The van der Waals surface area contributed by atoms with Crippen molar-refractivity contribution in [1.29, 1.82) is 0 Å². The van der Waals surface area contributed by atoms with Gasteiger partial charge >= 0.3 is 0 Å². The fourth-order valence-electron chi connectivity index (χ4n) is 3.21. The van der Waals surface area contributed by atoms with Crippen molar-refractivity contribution in [2.75, 3.05) is 32.7 Å². The maximum absolute atomic E-state index is 6.17. The highest BCUT2D eigenvalue weighted by Gasteiger charge is 2.25. The Labute approximate surface area is 159 Å². The van der Waals surface area contributed by atoms with Crippen molar-refractivity contribution in [2.24, 2.45) is 4.99 Å². The van der Waals surface area contributed by atoms with E-state index in [1.807, 2.05) is 36.4 Å². The summed E-state index contributed by atoms with van der Waals surface area (Å²) >= 11 is 6.17. The van der Waals surface area contributed by atoms with Crippen molar-refractivity contribution in [1.82, 2.24) is 9.80 Å². The lowest BCUT2D eigenvalue weighted by molar-refractivity contribution is 0.190. The van der Waals surface area contributed by atoms with Crippen LogP contribution in [0, 0.1) is 0 Å². The number of nitrogens with zero attached hydrogens (tertiary/aromatic N) is 3. The second kappa shape index (κ2) is 7.65. The number of hydrogen-bond acceptors (Lipinski definition) is 4. The first kappa shape index (κ1) is 18.1. The Morgan fingerprint density at radius 2 is 1.80 bits per heavy atom. The monoisotopic (exact) mass is 377 g/mol. The van der Waals surface area contributed by atoms with E-state index in [2.05, 4.69) is 22.8 Å². The third-order valence-corrected chi connectivity index (χ3v) is 4.85. The van der Waals surface area contributed by atoms with Crippen LogP contribution in [0.1, 0.15) is 12.5 Å². The Kier molecular flexibility index (Phi) is 5.52. The number of rotatable bonds is 1. The molecule has 0 saturated carbocycles. The SMILES string of the molecule is CCN1CCN(C2=Nc3cc(Cl)ccc3Oc3ccccc32)CC1.Cl. The minimum atomic E-state index is 0. The van der Waals surface area contributed by atoms with Crippen LogP contribution in [0.25, 0.3) is 0 Å². The van der Waals surface area contributed by atoms with E-state index in [0.29, 0.717) is 5.02 Å². The Hall–Kier alpha value is -1.75. The summed E-state index contributed by atoms with van der Waals surface area (Å²) in [7, 11) is 0. The molecule has 0 unspecified atom stereocenters. The lowest BCUT2D eigenvalue weighted by atomic mass is 10.1. The Morgan fingerprint density at radius 1 is 1.04 bits per heavy atom. The highest BCUT2D eigenvalue weighted by molar-refractivity contribution is 6.31. The molecule has 2 aromatic rings. The largest absolute Gasteiger partial charge is 0.454 e. The van der Waals surface area contributed by atoms with Gasteiger partial charge in [0.15, 0.2) is 5.75 Å². The van der Waals surface area contributed by atoms with Crippen LogP contribution in [0.4, 0.5) is 5.69 Å². The quantitative estimate of drug-likeness (QED) is 0.727. The summed E-state index contributed by atoms with van der Waals surface area (Å²) < 4.78 is 6.11. The van der Waals surface area contributed by atoms with Crippen LogP contribution >= 0.6 is 24.0 Å². The molecule has 0 atom stereocenters. The molecular formula is C19H21Cl2N3O. The minimum Gasteiger partial charge on any atom is -0.454 e. The Bertz CT molecular complexity index is 786. The van der Waals surface area contributed by atoms with Crippen LogP contribution in [0.15, 0.2) is 47.5 Å². The van der Waals surface area contributed by atoms with Crippen molar-refractivity contribution >= 4 is 35.5 Å². The van der Waals surface area contributed by atoms with Crippen LogP contribution in [-0.2, 0) is 0 Å². The maximum Gasteiger partial charge on any atom is 0.153 e. The van der Waals surface area contributed by atoms with Gasteiger partial charge in [-0.3, -0.25) is 0 Å². The summed E-state index contributed by atoms with van der Waals surface area (Å²) in [5.74, 6) is 2.56. The molecule has 2 aliphatic rings. The molecule has 0 spiro atoms. The summed E-state index contributed by atoms with van der Waals surface area (Å²) in [6.45, 7) is 7.36. The van der Waals surface area contributed by atoms with Gasteiger partial charge in [-0.05, 0) is 36.9 Å². The summed E-state index contributed by atoms with van der Waals surface area (Å²) in [5, 5.41) is 0.669. The molecule has 2 aromatic carbocycles. The highest BCUT2D eigenvalue weighted by Crippen LogP contribution is 2.39. The second-order valence-corrected chi connectivity index (χ2v) is 6.50. The summed E-state index contributed by atoms with van der Waals surface area (Å²) in [5.41, 5.74) is 1.82. The number of ether oxygens (including phenoxy) is 1. The number of para-hydroxylation sites is 1. The molecule has 0 bridgehead atoms. The first-order chi connectivity index (χ1) is 11.7. The van der Waals surface area contributed by atoms with E-state index in [9.17, 15) is 0 Å². The third kappa shape index (κ3) is 3.61. The summed E-state index contributed by atoms with van der Waals surface area (Å²) in [6, 6.07) is 13.7. The maximum atomic E-state index is 6.17. The van der Waals surface area contributed by atoms with Gasteiger partial charge in [0, 0.05) is 31.2 Å². The first-order valence-corrected chi connectivity index (χ1v) is 8.75. The topological polar surface area (TPSA) is 28.1 Å². The molecule has 0 N–H and O–H groups in total. The zero-order valence-corrected chi connectivity index (χ0v) is 15.7. The van der Waals surface area contributed by atoms with Crippen molar-refractivity contribution in [2.45, 2.75) is 6.92 Å². The summed E-state index contributed by atoms with van der Waals surface area (Å²) in [6.07, 6.45) is 0. The molecule has 0 aromatic heterocycles. The molecule has 0 amide bonds. The van der Waals surface area contributed by atoms with Gasteiger partial charge in [-0.25, -0.2) is 4.99 Å². The van der Waals surface area contributed by atoms with Crippen molar-refractivity contribution in [3.05, 3.63) is 53.1 Å². The lowest BCUT2D eigenvalue weighted by Gasteiger charge is -2.36. The normalized spacial score (nSPS) is 16.7. The van der Waals surface area contributed by atoms with E-state index in [0.717, 1.165) is 61.3 Å². The fourth-order valence-corrected chi connectivity index (χ4v) is 3.38. The predicted octanol–water partition coefficient (Wildman–Crippen LogP) is 4.58. The molecule has 0 aliphatic carbocycles. The molecule has 4 nitrogen and oxygen atoms in total. The zero-order valence-electron chi connectivity index (χ0n) is 14.1. The van der Waals surface area contributed by atoms with Gasteiger partial charge in [-0.15, -0.1) is 12.4 Å². The van der Waals surface area contributed by atoms with Gasteiger partial charge in [0.1, 0.15) is 17.3 Å². The number of halogens is 2. The number of aliphatic imine (C=N–C) groups is 1. The van der Waals surface area contributed by atoms with E-state index < -0.39 is 0 Å². The van der Waals surface area contributed by atoms with Crippen LogP contribution in [0.3, 0.4) is 0 Å². The second-order valence-electron chi connectivity index (χ2n) is 6.07. The molecule has 2 heterocycles. The number of amidine groups is 1. The van der Waals surface area contributed by atoms with Gasteiger partial charge in [0.25, 0.3) is 0 Å². The molecule has 2 aliphatic heterocycles. The van der Waals surface area contributed by atoms with Crippen LogP contribution in [0.2, 0.25) is 5.02 Å². The Balaban J connectivity index is 0.00000182. The van der Waals surface area contributed by atoms with Gasteiger partial charge in [-0.2, -0.15) is 0 Å². The average Bonchev–Trinajstić information content (AvgIpc) is 2.78. The van der Waals surface area contributed by atoms with Gasteiger partial charge in [-0.1, -0.05) is 30.7 Å². The number of fused-ring (bicyclic) bond motifs is 2. The van der Waals surface area contributed by atoms with E-state index in [1.165, 1.54) is 0 Å². The van der Waals surface area contributed by atoms with Crippen LogP contribution < -0.4 is 4.74 Å². The molecule has 1 saturated heterocycles. The first-order valence-electron chi connectivity index (χ1n) is 8.37. The zero-order chi connectivity index (χ0) is 16.5.